The van der Waals surface area contributed by atoms with Gasteiger partial charge in [-0.25, -0.2) is 17.2 Å². The standard InChI is InChI=1S/C30H30F2N4O8S/c1-15(37)34-18-6-9-25(45(3,42)43)20(14-18)27-19(30(40)41)10-11-36(27)29(39)26(16-4-8-22(32)24(13-16)44-2)35-23-12-17(28(33)38)5-7-21(23)31/h4-9,12-14,19,26-27,35H,10-11H2,1-3H3,(H2,33,38)(H,34,37)(H,40,41)/t19-,26+,27-/m1/s1. The van der Waals surface area contributed by atoms with E-state index in [2.05, 4.69) is 10.6 Å². The van der Waals surface area contributed by atoms with Crippen molar-refractivity contribution in [3.63, 3.8) is 0 Å². The third-order valence-electron chi connectivity index (χ3n) is 7.35. The molecule has 15 heteroatoms. The number of methoxy groups -OCH3 is 1. The number of benzene rings is 3. The molecule has 3 amide bonds. The fraction of sp³-hybridized carbons (Fsp3) is 0.267. The molecule has 3 aromatic rings. The van der Waals surface area contributed by atoms with E-state index in [-0.39, 0.29) is 51.7 Å². The molecule has 238 valence electrons. The van der Waals surface area contributed by atoms with E-state index < -0.39 is 63.2 Å². The largest absolute Gasteiger partial charge is 0.494 e. The number of anilines is 2. The molecule has 3 aromatic carbocycles. The summed E-state index contributed by atoms with van der Waals surface area (Å²) < 4.78 is 60.1. The Bertz CT molecular complexity index is 1800. The molecule has 0 spiro atoms. The lowest BCUT2D eigenvalue weighted by Gasteiger charge is -2.32. The monoisotopic (exact) mass is 644 g/mol. The van der Waals surface area contributed by atoms with Crippen LogP contribution in [0.2, 0.25) is 0 Å². The first-order valence-corrected chi connectivity index (χ1v) is 15.4. The smallest absolute Gasteiger partial charge is 0.309 e. The first kappa shape index (κ1) is 32.9. The fourth-order valence-corrected chi connectivity index (χ4v) is 6.26. The van der Waals surface area contributed by atoms with Gasteiger partial charge in [-0.05, 0) is 66.1 Å². The summed E-state index contributed by atoms with van der Waals surface area (Å²) in [6.07, 6.45) is 0.842. The van der Waals surface area contributed by atoms with E-state index in [1.165, 1.54) is 44.4 Å². The fourth-order valence-electron chi connectivity index (χ4n) is 5.34. The normalized spacial score (nSPS) is 17.0. The van der Waals surface area contributed by atoms with Crippen molar-refractivity contribution in [2.75, 3.05) is 30.5 Å². The van der Waals surface area contributed by atoms with Crippen molar-refractivity contribution >= 4 is 44.9 Å². The minimum atomic E-state index is -3.98. The van der Waals surface area contributed by atoms with Crippen LogP contribution in [0.5, 0.6) is 5.75 Å². The molecule has 0 saturated carbocycles. The molecule has 0 bridgehead atoms. The molecule has 4 rings (SSSR count). The second kappa shape index (κ2) is 12.9. The topological polar surface area (TPSA) is 185 Å². The maximum absolute atomic E-state index is 15.0. The van der Waals surface area contributed by atoms with Gasteiger partial charge in [-0.1, -0.05) is 6.07 Å². The Balaban J connectivity index is 1.91. The number of hydrogen-bond acceptors (Lipinski definition) is 8. The lowest BCUT2D eigenvalue weighted by atomic mass is 9.92. The Hall–Kier alpha value is -5.05. The molecular formula is C30H30F2N4O8S. The number of nitrogens with one attached hydrogen (secondary N) is 2. The van der Waals surface area contributed by atoms with Gasteiger partial charge in [0.1, 0.15) is 11.9 Å². The Morgan fingerprint density at radius 3 is 2.33 bits per heavy atom. The van der Waals surface area contributed by atoms with Gasteiger partial charge in [-0.3, -0.25) is 19.2 Å². The highest BCUT2D eigenvalue weighted by atomic mass is 32.2. The van der Waals surface area contributed by atoms with Crippen LogP contribution in [0.3, 0.4) is 0 Å². The molecule has 0 radical (unpaired) electrons. The van der Waals surface area contributed by atoms with E-state index in [9.17, 15) is 41.5 Å². The van der Waals surface area contributed by atoms with Crippen molar-refractivity contribution in [3.05, 3.63) is 82.9 Å². The summed E-state index contributed by atoms with van der Waals surface area (Å²) in [6, 6.07) is 7.60. The molecule has 45 heavy (non-hydrogen) atoms. The zero-order valence-corrected chi connectivity index (χ0v) is 25.2. The van der Waals surface area contributed by atoms with Crippen LogP contribution in [0.4, 0.5) is 20.2 Å². The number of likely N-dealkylation sites (tertiary alicyclic amines) is 1. The second-order valence-corrected chi connectivity index (χ2v) is 12.4. The van der Waals surface area contributed by atoms with Gasteiger partial charge in [0.05, 0.1) is 29.7 Å². The van der Waals surface area contributed by atoms with Crippen LogP contribution in [-0.4, -0.2) is 62.0 Å². The van der Waals surface area contributed by atoms with Gasteiger partial charge < -0.3 is 31.1 Å². The number of nitrogens with two attached hydrogens (primary N) is 1. The number of primary amides is 1. The summed E-state index contributed by atoms with van der Waals surface area (Å²) in [6.45, 7) is 1.07. The van der Waals surface area contributed by atoms with Crippen LogP contribution in [-0.2, 0) is 24.2 Å². The van der Waals surface area contributed by atoms with Crippen molar-refractivity contribution < 1.29 is 46.2 Å². The lowest BCUT2D eigenvalue weighted by molar-refractivity contribution is -0.143. The summed E-state index contributed by atoms with van der Waals surface area (Å²) in [5, 5.41) is 15.4. The number of halogens is 2. The van der Waals surface area contributed by atoms with E-state index in [0.717, 1.165) is 35.4 Å². The van der Waals surface area contributed by atoms with E-state index in [0.29, 0.717) is 0 Å². The molecule has 12 nitrogen and oxygen atoms in total. The average molecular weight is 645 g/mol. The quantitative estimate of drug-likeness (QED) is 0.257. The predicted molar refractivity (Wildman–Crippen MR) is 158 cm³/mol. The van der Waals surface area contributed by atoms with E-state index in [1.54, 1.807) is 0 Å². The number of ether oxygens (including phenoxy) is 1. The number of amides is 3. The number of aliphatic carboxylic acids is 1. The van der Waals surface area contributed by atoms with Gasteiger partial charge in [0, 0.05) is 31.0 Å². The molecule has 0 aromatic heterocycles. The first-order valence-electron chi connectivity index (χ1n) is 13.5. The molecule has 5 N–H and O–H groups in total. The number of carboxylic acids is 1. The Morgan fingerprint density at radius 2 is 1.73 bits per heavy atom. The SMILES string of the molecule is COc1cc([C@H](Nc2cc(C(N)=O)ccc2F)C(=O)N2CC[C@@H](C(=O)O)[C@@H]2c2cc(NC(C)=O)ccc2S(C)(=O)=O)ccc1F. The van der Waals surface area contributed by atoms with Crippen molar-refractivity contribution in [3.8, 4) is 5.75 Å². The van der Waals surface area contributed by atoms with Crippen LogP contribution in [0.15, 0.2) is 59.5 Å². The summed E-state index contributed by atoms with van der Waals surface area (Å²) >= 11 is 0. The summed E-state index contributed by atoms with van der Waals surface area (Å²) in [5.41, 5.74) is 5.14. The van der Waals surface area contributed by atoms with Crippen LogP contribution >= 0.6 is 0 Å². The zero-order chi connectivity index (χ0) is 33.2. The Morgan fingerprint density at radius 1 is 1.04 bits per heavy atom. The van der Waals surface area contributed by atoms with Gasteiger partial charge in [0.25, 0.3) is 0 Å². The highest BCUT2D eigenvalue weighted by Gasteiger charge is 2.46. The van der Waals surface area contributed by atoms with E-state index in [1.807, 2.05) is 0 Å². The van der Waals surface area contributed by atoms with Gasteiger partial charge in [0.2, 0.25) is 17.7 Å². The van der Waals surface area contributed by atoms with Crippen molar-refractivity contribution in [1.82, 2.24) is 4.90 Å². The summed E-state index contributed by atoms with van der Waals surface area (Å²) in [4.78, 5) is 51.3. The van der Waals surface area contributed by atoms with Gasteiger partial charge in [-0.15, -0.1) is 0 Å². The number of carbonyl (C=O) groups is 4. The minimum absolute atomic E-state index is 0.0562. The molecule has 1 saturated heterocycles. The van der Waals surface area contributed by atoms with Crippen LogP contribution in [0.1, 0.15) is 46.9 Å². The second-order valence-electron chi connectivity index (χ2n) is 10.4. The van der Waals surface area contributed by atoms with Crippen LogP contribution < -0.4 is 21.1 Å². The highest BCUT2D eigenvalue weighted by Crippen LogP contribution is 2.43. The number of carboxylic acid groups (broad SMARTS) is 1. The molecule has 0 aliphatic carbocycles. The van der Waals surface area contributed by atoms with Crippen LogP contribution in [0, 0.1) is 17.6 Å². The van der Waals surface area contributed by atoms with Crippen molar-refractivity contribution in [2.24, 2.45) is 11.7 Å². The molecule has 3 atom stereocenters. The Labute approximate surface area is 257 Å². The minimum Gasteiger partial charge on any atom is -0.494 e. The first-order chi connectivity index (χ1) is 21.1. The molecule has 0 unspecified atom stereocenters. The maximum atomic E-state index is 15.0. The molecule has 1 fully saturated rings. The summed E-state index contributed by atoms with van der Waals surface area (Å²) in [7, 11) is -2.78. The number of sulfone groups is 1. The Kier molecular flexibility index (Phi) is 9.42. The highest BCUT2D eigenvalue weighted by molar-refractivity contribution is 7.90. The van der Waals surface area contributed by atoms with Gasteiger partial charge in [-0.2, -0.15) is 0 Å². The third-order valence-corrected chi connectivity index (χ3v) is 8.52. The lowest BCUT2D eigenvalue weighted by Crippen LogP contribution is -2.40. The van der Waals surface area contributed by atoms with Gasteiger partial charge >= 0.3 is 5.97 Å². The molecule has 1 aliphatic heterocycles. The number of nitrogens with zero attached hydrogens (tertiary/aromatic N) is 1. The zero-order valence-electron chi connectivity index (χ0n) is 24.3. The van der Waals surface area contributed by atoms with E-state index >= 15 is 0 Å². The van der Waals surface area contributed by atoms with Crippen molar-refractivity contribution in [2.45, 2.75) is 30.3 Å². The van der Waals surface area contributed by atoms with Crippen molar-refractivity contribution in [1.29, 1.82) is 0 Å². The third kappa shape index (κ3) is 7.03. The van der Waals surface area contributed by atoms with E-state index in [4.69, 9.17) is 10.5 Å². The number of carbonyl (C=O) groups excluding carboxylic acids is 3. The molecule has 1 aliphatic rings. The molecular weight excluding hydrogens is 614 g/mol. The predicted octanol–water partition coefficient (Wildman–Crippen LogP) is 3.26. The maximum Gasteiger partial charge on any atom is 0.309 e. The average Bonchev–Trinajstić information content (AvgIpc) is 3.41. The number of hydrogen-bond donors (Lipinski definition) is 4. The summed E-state index contributed by atoms with van der Waals surface area (Å²) in [5.74, 6) is -6.64. The van der Waals surface area contributed by atoms with Gasteiger partial charge in [0.15, 0.2) is 21.4 Å². The number of rotatable bonds is 10. The van der Waals surface area contributed by atoms with Crippen LogP contribution in [0.25, 0.3) is 0 Å². The molecule has 1 heterocycles.